The molecule has 0 unspecified atom stereocenters. The van der Waals surface area contributed by atoms with E-state index in [-0.39, 0.29) is 10.5 Å². The molecule has 0 atom stereocenters. The smallest absolute Gasteiger partial charge is 0.241 e. The molecule has 120 valence electrons. The second-order valence-electron chi connectivity index (χ2n) is 4.71. The van der Waals surface area contributed by atoms with Gasteiger partial charge in [-0.1, -0.05) is 18.9 Å². The standard InChI is InChI=1S/C14H22FNO3S2/c1-20-9-5-3-2-4-8-16-21(18,19)14-10-13(15)7-6-12(14)11-17/h6-7,10,16-17H,2-5,8-9,11H2,1H3. The van der Waals surface area contributed by atoms with Crippen LogP contribution in [0, 0.1) is 5.82 Å². The summed E-state index contributed by atoms with van der Waals surface area (Å²) in [6, 6.07) is 3.36. The van der Waals surface area contributed by atoms with E-state index in [1.54, 1.807) is 11.8 Å². The molecule has 0 aliphatic heterocycles. The first kappa shape index (κ1) is 18.4. The number of hydrogen-bond acceptors (Lipinski definition) is 4. The Balaban J connectivity index is 2.52. The summed E-state index contributed by atoms with van der Waals surface area (Å²) in [5.41, 5.74) is 0.198. The van der Waals surface area contributed by atoms with E-state index in [0.29, 0.717) is 6.54 Å². The van der Waals surface area contributed by atoms with E-state index in [1.807, 2.05) is 0 Å². The summed E-state index contributed by atoms with van der Waals surface area (Å²) in [4.78, 5) is -0.188. The number of unbranched alkanes of at least 4 members (excludes halogenated alkanes) is 3. The van der Waals surface area contributed by atoms with Gasteiger partial charge in [-0.05, 0) is 42.5 Å². The van der Waals surface area contributed by atoms with E-state index in [0.717, 1.165) is 43.6 Å². The van der Waals surface area contributed by atoms with E-state index in [2.05, 4.69) is 11.0 Å². The number of halogens is 1. The average molecular weight is 335 g/mol. The lowest BCUT2D eigenvalue weighted by molar-refractivity contribution is 0.278. The molecule has 1 aromatic rings. The maximum Gasteiger partial charge on any atom is 0.241 e. The molecular formula is C14H22FNO3S2. The van der Waals surface area contributed by atoms with E-state index in [9.17, 15) is 12.8 Å². The molecule has 0 fully saturated rings. The highest BCUT2D eigenvalue weighted by molar-refractivity contribution is 7.98. The summed E-state index contributed by atoms with van der Waals surface area (Å²) in [5.74, 6) is 0.485. The van der Waals surface area contributed by atoms with Crippen LogP contribution in [0.1, 0.15) is 31.2 Å². The summed E-state index contributed by atoms with van der Waals surface area (Å²) in [5, 5.41) is 9.15. The SMILES string of the molecule is CSCCCCCCNS(=O)(=O)c1cc(F)ccc1CO. The summed E-state index contributed by atoms with van der Waals surface area (Å²) < 4.78 is 39.9. The molecule has 0 aliphatic rings. The minimum atomic E-state index is -3.78. The number of benzene rings is 1. The van der Waals surface area contributed by atoms with Crippen LogP contribution >= 0.6 is 11.8 Å². The molecule has 0 bridgehead atoms. The lowest BCUT2D eigenvalue weighted by Gasteiger charge is -2.10. The van der Waals surface area contributed by atoms with Crippen LogP contribution in [0.4, 0.5) is 4.39 Å². The van der Waals surface area contributed by atoms with Crippen molar-refractivity contribution >= 4 is 21.8 Å². The quantitative estimate of drug-likeness (QED) is 0.645. The molecule has 0 saturated carbocycles. The van der Waals surface area contributed by atoms with Gasteiger partial charge in [0.1, 0.15) is 5.82 Å². The van der Waals surface area contributed by atoms with Gasteiger partial charge in [-0.2, -0.15) is 11.8 Å². The Hall–Kier alpha value is -0.630. The van der Waals surface area contributed by atoms with Crippen molar-refractivity contribution in [1.29, 1.82) is 0 Å². The Bertz CT molecular complexity index is 535. The average Bonchev–Trinajstić information content (AvgIpc) is 2.46. The molecule has 1 rings (SSSR count). The fourth-order valence-corrected chi connectivity index (χ4v) is 3.73. The maximum atomic E-state index is 13.2. The molecule has 4 nitrogen and oxygen atoms in total. The van der Waals surface area contributed by atoms with Crippen molar-refractivity contribution < 1.29 is 17.9 Å². The topological polar surface area (TPSA) is 66.4 Å². The van der Waals surface area contributed by atoms with Gasteiger partial charge < -0.3 is 5.11 Å². The van der Waals surface area contributed by atoms with Crippen LogP contribution in [-0.2, 0) is 16.6 Å². The number of hydrogen-bond donors (Lipinski definition) is 2. The van der Waals surface area contributed by atoms with Crippen molar-refractivity contribution in [1.82, 2.24) is 4.72 Å². The normalized spacial score (nSPS) is 11.8. The Morgan fingerprint density at radius 1 is 1.24 bits per heavy atom. The zero-order valence-corrected chi connectivity index (χ0v) is 13.8. The van der Waals surface area contributed by atoms with E-state index >= 15 is 0 Å². The van der Waals surface area contributed by atoms with E-state index in [1.165, 1.54) is 6.07 Å². The van der Waals surface area contributed by atoms with Gasteiger partial charge in [0, 0.05) is 6.54 Å². The summed E-state index contributed by atoms with van der Waals surface area (Å²) in [7, 11) is -3.78. The zero-order chi connectivity index (χ0) is 15.7. The lowest BCUT2D eigenvalue weighted by Crippen LogP contribution is -2.26. The highest BCUT2D eigenvalue weighted by Gasteiger charge is 2.18. The fourth-order valence-electron chi connectivity index (χ4n) is 1.92. The van der Waals surface area contributed by atoms with Crippen LogP contribution in [0.25, 0.3) is 0 Å². The van der Waals surface area contributed by atoms with Crippen molar-refractivity contribution in [2.24, 2.45) is 0 Å². The number of thioether (sulfide) groups is 1. The molecule has 0 amide bonds. The van der Waals surface area contributed by atoms with Gasteiger partial charge in [0.05, 0.1) is 11.5 Å². The van der Waals surface area contributed by atoms with Crippen LogP contribution in [0.15, 0.2) is 23.1 Å². The number of rotatable bonds is 10. The van der Waals surface area contributed by atoms with Gasteiger partial charge in [-0.15, -0.1) is 0 Å². The monoisotopic (exact) mass is 335 g/mol. The summed E-state index contributed by atoms with van der Waals surface area (Å²) in [6.45, 7) is -0.117. The Kier molecular flexibility index (Phi) is 8.24. The van der Waals surface area contributed by atoms with Crippen molar-refractivity contribution in [3.63, 3.8) is 0 Å². The molecular weight excluding hydrogens is 313 g/mol. The third-order valence-corrected chi connectivity index (χ3v) is 5.30. The summed E-state index contributed by atoms with van der Waals surface area (Å²) >= 11 is 1.80. The van der Waals surface area contributed by atoms with Gasteiger partial charge in [-0.3, -0.25) is 0 Å². The first-order valence-corrected chi connectivity index (χ1v) is 9.77. The van der Waals surface area contributed by atoms with Crippen LogP contribution in [0.2, 0.25) is 0 Å². The molecule has 7 heteroatoms. The molecule has 0 spiro atoms. The van der Waals surface area contributed by atoms with Crippen LogP contribution < -0.4 is 4.72 Å². The molecule has 0 aliphatic carbocycles. The molecule has 0 radical (unpaired) electrons. The van der Waals surface area contributed by atoms with E-state index < -0.39 is 22.4 Å². The first-order valence-electron chi connectivity index (χ1n) is 6.89. The van der Waals surface area contributed by atoms with Gasteiger partial charge >= 0.3 is 0 Å². The third kappa shape index (κ3) is 6.34. The van der Waals surface area contributed by atoms with Crippen molar-refractivity contribution in [2.75, 3.05) is 18.6 Å². The van der Waals surface area contributed by atoms with Crippen LogP contribution in [0.5, 0.6) is 0 Å². The highest BCUT2D eigenvalue weighted by Crippen LogP contribution is 2.17. The van der Waals surface area contributed by atoms with Gasteiger partial charge in [0.25, 0.3) is 0 Å². The van der Waals surface area contributed by atoms with Crippen molar-refractivity contribution in [3.8, 4) is 0 Å². The number of aliphatic hydroxyl groups is 1. The van der Waals surface area contributed by atoms with Crippen molar-refractivity contribution in [3.05, 3.63) is 29.6 Å². The molecule has 0 heterocycles. The van der Waals surface area contributed by atoms with Gasteiger partial charge in [-0.25, -0.2) is 17.5 Å². The third-order valence-electron chi connectivity index (χ3n) is 3.06. The predicted molar refractivity (Wildman–Crippen MR) is 84.4 cm³/mol. The van der Waals surface area contributed by atoms with Crippen LogP contribution in [-0.4, -0.2) is 32.1 Å². The minimum absolute atomic E-state index is 0.188. The molecule has 2 N–H and O–H groups in total. The highest BCUT2D eigenvalue weighted by atomic mass is 32.2. The summed E-state index contributed by atoms with van der Waals surface area (Å²) in [6.07, 6.45) is 5.97. The second-order valence-corrected chi connectivity index (χ2v) is 7.44. The predicted octanol–water partition coefficient (Wildman–Crippen LogP) is 2.52. The molecule has 0 aromatic heterocycles. The fraction of sp³-hybridized carbons (Fsp3) is 0.571. The minimum Gasteiger partial charge on any atom is -0.392 e. The number of sulfonamides is 1. The second kappa shape index (κ2) is 9.40. The van der Waals surface area contributed by atoms with E-state index in [4.69, 9.17) is 5.11 Å². The van der Waals surface area contributed by atoms with Crippen LogP contribution in [0.3, 0.4) is 0 Å². The van der Waals surface area contributed by atoms with Gasteiger partial charge in [0.15, 0.2) is 0 Å². The first-order chi connectivity index (χ1) is 10.0. The molecule has 1 aromatic carbocycles. The lowest BCUT2D eigenvalue weighted by atomic mass is 10.2. The Morgan fingerprint density at radius 3 is 2.62 bits per heavy atom. The van der Waals surface area contributed by atoms with Gasteiger partial charge in [0.2, 0.25) is 10.0 Å². The maximum absolute atomic E-state index is 13.2. The molecule has 0 saturated heterocycles. The Labute approximate surface area is 130 Å². The molecule has 21 heavy (non-hydrogen) atoms. The largest absolute Gasteiger partial charge is 0.392 e. The number of aliphatic hydroxyl groups excluding tert-OH is 1. The van der Waals surface area contributed by atoms with Crippen molar-refractivity contribution in [2.45, 2.75) is 37.2 Å². The number of nitrogens with one attached hydrogen (secondary N) is 1. The zero-order valence-electron chi connectivity index (χ0n) is 12.1. The Morgan fingerprint density at radius 2 is 1.95 bits per heavy atom.